The van der Waals surface area contributed by atoms with Crippen LogP contribution in [0.4, 0.5) is 0 Å². The summed E-state index contributed by atoms with van der Waals surface area (Å²) in [5.41, 5.74) is 6.72. The van der Waals surface area contributed by atoms with E-state index in [-0.39, 0.29) is 0 Å². The molecule has 0 bridgehead atoms. The van der Waals surface area contributed by atoms with Crippen LogP contribution in [-0.4, -0.2) is 9.97 Å². The summed E-state index contributed by atoms with van der Waals surface area (Å²) in [5, 5.41) is 9.67. The minimum atomic E-state index is 0.938. The van der Waals surface area contributed by atoms with Crippen LogP contribution in [0, 0.1) is 0 Å². The van der Waals surface area contributed by atoms with Gasteiger partial charge in [-0.1, -0.05) is 103 Å². The lowest BCUT2D eigenvalue weighted by atomic mass is 9.85. The van der Waals surface area contributed by atoms with E-state index >= 15 is 0 Å². The smallest absolute Gasteiger partial charge is 0.0964 e. The number of hydrogen-bond donors (Lipinski definition) is 0. The summed E-state index contributed by atoms with van der Waals surface area (Å²) in [6, 6.07) is 43.5. The Balaban J connectivity index is 1.46. The minimum Gasteiger partial charge on any atom is -0.254 e. The largest absolute Gasteiger partial charge is 0.254 e. The maximum absolute atomic E-state index is 4.95. The van der Waals surface area contributed by atoms with E-state index in [2.05, 4.69) is 120 Å². The van der Waals surface area contributed by atoms with Gasteiger partial charge < -0.3 is 0 Å². The fourth-order valence-corrected chi connectivity index (χ4v) is 5.97. The third kappa shape index (κ3) is 3.14. The minimum absolute atomic E-state index is 0.938. The van der Waals surface area contributed by atoms with Crippen LogP contribution in [0.2, 0.25) is 0 Å². The molecule has 2 nitrogen and oxygen atoms in total. The molecule has 8 rings (SSSR count). The molecule has 2 aromatic heterocycles. The Kier molecular flexibility index (Phi) is 4.55. The average molecular weight is 483 g/mol. The topological polar surface area (TPSA) is 25.8 Å². The summed E-state index contributed by atoms with van der Waals surface area (Å²) in [6.45, 7) is 0. The summed E-state index contributed by atoms with van der Waals surface area (Å²) in [6.07, 6.45) is 3.85. The zero-order valence-corrected chi connectivity index (χ0v) is 20.6. The van der Waals surface area contributed by atoms with Gasteiger partial charge in [-0.3, -0.25) is 9.97 Å². The van der Waals surface area contributed by atoms with Crippen molar-refractivity contribution in [2.45, 2.75) is 0 Å². The van der Waals surface area contributed by atoms with Crippen LogP contribution in [0.15, 0.2) is 134 Å². The van der Waals surface area contributed by atoms with E-state index in [0.29, 0.717) is 0 Å². The number of hydrogen-bond acceptors (Lipinski definition) is 2. The lowest BCUT2D eigenvalue weighted by Gasteiger charge is -2.18. The Bertz CT molecular complexity index is 2140. The molecule has 6 aromatic carbocycles. The number of aromatic nitrogens is 2. The van der Waals surface area contributed by atoms with Gasteiger partial charge in [0.2, 0.25) is 0 Å². The summed E-state index contributed by atoms with van der Waals surface area (Å²) < 4.78 is 0. The van der Waals surface area contributed by atoms with Crippen molar-refractivity contribution in [1.82, 2.24) is 9.97 Å². The highest BCUT2D eigenvalue weighted by Crippen LogP contribution is 2.44. The number of pyridine rings is 2. The first-order chi connectivity index (χ1) is 18.8. The highest BCUT2D eigenvalue weighted by Gasteiger charge is 2.17. The van der Waals surface area contributed by atoms with E-state index in [0.717, 1.165) is 27.4 Å². The molecule has 0 saturated carbocycles. The molecule has 0 saturated heterocycles. The van der Waals surface area contributed by atoms with Crippen molar-refractivity contribution in [3.05, 3.63) is 134 Å². The highest BCUT2D eigenvalue weighted by atomic mass is 14.7. The Morgan fingerprint density at radius 1 is 0.368 bits per heavy atom. The van der Waals surface area contributed by atoms with Crippen molar-refractivity contribution >= 4 is 54.1 Å². The quantitative estimate of drug-likeness (QED) is 0.181. The molecular formula is C36H22N2. The van der Waals surface area contributed by atoms with E-state index in [4.69, 9.17) is 4.98 Å². The molecule has 0 unspecified atom stereocenters. The summed E-state index contributed by atoms with van der Waals surface area (Å²) in [4.78, 5) is 9.57. The molecule has 8 aromatic rings. The molecular weight excluding hydrogens is 460 g/mol. The predicted octanol–water partition coefficient (Wildman–Crippen LogP) is 9.58. The van der Waals surface area contributed by atoms with Gasteiger partial charge in [0, 0.05) is 28.7 Å². The summed E-state index contributed by atoms with van der Waals surface area (Å²) in [5.74, 6) is 0. The Hall–Kier alpha value is -5.08. The lowest BCUT2D eigenvalue weighted by Crippen LogP contribution is -1.92. The Labute approximate surface area is 219 Å². The van der Waals surface area contributed by atoms with E-state index < -0.39 is 0 Å². The van der Waals surface area contributed by atoms with E-state index in [1.165, 1.54) is 49.0 Å². The Morgan fingerprint density at radius 3 is 1.63 bits per heavy atom. The second-order valence-corrected chi connectivity index (χ2v) is 9.84. The van der Waals surface area contributed by atoms with Crippen LogP contribution in [0.5, 0.6) is 0 Å². The Morgan fingerprint density at radius 2 is 0.895 bits per heavy atom. The van der Waals surface area contributed by atoms with Crippen LogP contribution >= 0.6 is 0 Å². The van der Waals surface area contributed by atoms with Gasteiger partial charge >= 0.3 is 0 Å². The number of fused-ring (bicyclic) bond motifs is 6. The van der Waals surface area contributed by atoms with Gasteiger partial charge in [-0.05, 0) is 67.2 Å². The molecule has 0 aliphatic heterocycles. The van der Waals surface area contributed by atoms with Crippen molar-refractivity contribution in [3.8, 4) is 22.3 Å². The van der Waals surface area contributed by atoms with Gasteiger partial charge in [0.25, 0.3) is 0 Å². The zero-order chi connectivity index (χ0) is 25.1. The van der Waals surface area contributed by atoms with Crippen LogP contribution < -0.4 is 0 Å². The molecule has 0 atom stereocenters. The van der Waals surface area contributed by atoms with Crippen molar-refractivity contribution in [2.75, 3.05) is 0 Å². The summed E-state index contributed by atoms with van der Waals surface area (Å²) in [7, 11) is 0. The van der Waals surface area contributed by atoms with Crippen molar-refractivity contribution in [3.63, 3.8) is 0 Å². The van der Waals surface area contributed by atoms with Gasteiger partial charge in [0.1, 0.15) is 0 Å². The number of rotatable bonds is 2. The molecule has 2 heteroatoms. The fourth-order valence-electron chi connectivity index (χ4n) is 5.97. The first kappa shape index (κ1) is 21.0. The fraction of sp³-hybridized carbons (Fsp3) is 0. The van der Waals surface area contributed by atoms with Crippen molar-refractivity contribution < 1.29 is 0 Å². The number of nitrogens with zero attached hydrogens (tertiary/aromatic N) is 2. The maximum Gasteiger partial charge on any atom is 0.0964 e. The predicted molar refractivity (Wildman–Crippen MR) is 160 cm³/mol. The van der Waals surface area contributed by atoms with E-state index in [1.807, 2.05) is 18.5 Å². The van der Waals surface area contributed by atoms with E-state index in [1.54, 1.807) is 0 Å². The van der Waals surface area contributed by atoms with Crippen molar-refractivity contribution in [2.24, 2.45) is 0 Å². The maximum atomic E-state index is 4.95. The third-order valence-electron chi connectivity index (χ3n) is 7.68. The highest BCUT2D eigenvalue weighted by molar-refractivity contribution is 6.22. The van der Waals surface area contributed by atoms with Gasteiger partial charge in [0.15, 0.2) is 0 Å². The third-order valence-corrected chi connectivity index (χ3v) is 7.68. The molecule has 0 amide bonds. The molecule has 0 fully saturated rings. The first-order valence-electron chi connectivity index (χ1n) is 12.9. The standard InChI is InChI=1S/C36H22N2/c1-2-9-25-20-26(17-15-23(25)8-1)33-29-11-3-5-13-31(29)34(32-14-6-4-12-30(32)33)28-21-27-18-16-24-10-7-19-37-35(24)36(27)38-22-28/h1-22H. The second-order valence-electron chi connectivity index (χ2n) is 9.84. The van der Waals surface area contributed by atoms with Crippen LogP contribution in [0.3, 0.4) is 0 Å². The van der Waals surface area contributed by atoms with Gasteiger partial charge in [-0.15, -0.1) is 0 Å². The number of benzene rings is 6. The van der Waals surface area contributed by atoms with Gasteiger partial charge in [-0.2, -0.15) is 0 Å². The van der Waals surface area contributed by atoms with E-state index in [9.17, 15) is 0 Å². The van der Waals surface area contributed by atoms with Gasteiger partial charge in [-0.25, -0.2) is 0 Å². The zero-order valence-electron chi connectivity index (χ0n) is 20.6. The molecule has 0 spiro atoms. The monoisotopic (exact) mass is 482 g/mol. The molecule has 176 valence electrons. The molecule has 0 N–H and O–H groups in total. The second kappa shape index (κ2) is 8.22. The normalized spacial score (nSPS) is 11.7. The SMILES string of the molecule is c1ccc2cc(-c3c4ccccc4c(-c4cnc5c(ccc6cccnc65)c4)c4ccccc34)ccc2c1. The van der Waals surface area contributed by atoms with Crippen LogP contribution in [0.1, 0.15) is 0 Å². The molecule has 0 radical (unpaired) electrons. The molecule has 0 aliphatic rings. The summed E-state index contributed by atoms with van der Waals surface area (Å²) >= 11 is 0. The molecule has 0 aliphatic carbocycles. The average Bonchev–Trinajstić information content (AvgIpc) is 2.99. The van der Waals surface area contributed by atoms with Crippen LogP contribution in [0.25, 0.3) is 76.4 Å². The van der Waals surface area contributed by atoms with Crippen molar-refractivity contribution in [1.29, 1.82) is 0 Å². The molecule has 2 heterocycles. The van der Waals surface area contributed by atoms with Gasteiger partial charge in [0.05, 0.1) is 11.0 Å². The lowest BCUT2D eigenvalue weighted by molar-refractivity contribution is 1.38. The molecule has 38 heavy (non-hydrogen) atoms. The van der Waals surface area contributed by atoms with Crippen LogP contribution in [-0.2, 0) is 0 Å². The first-order valence-corrected chi connectivity index (χ1v) is 12.9.